The van der Waals surface area contributed by atoms with Crippen LogP contribution >= 0.6 is 0 Å². The summed E-state index contributed by atoms with van der Waals surface area (Å²) in [5.41, 5.74) is 6.37. The van der Waals surface area contributed by atoms with E-state index < -0.39 is 0 Å². The van der Waals surface area contributed by atoms with Gasteiger partial charge < -0.3 is 15.3 Å². The summed E-state index contributed by atoms with van der Waals surface area (Å²) in [6.07, 6.45) is 5.46. The number of aliphatic hydroxyl groups excluding tert-OH is 3. The third-order valence-electron chi connectivity index (χ3n) is 2.85. The van der Waals surface area contributed by atoms with Crippen molar-refractivity contribution in [1.82, 2.24) is 0 Å². The molecule has 4 heteroatoms. The van der Waals surface area contributed by atoms with Crippen molar-refractivity contribution < 1.29 is 37.0 Å². The Labute approximate surface area is 126 Å². The summed E-state index contributed by atoms with van der Waals surface area (Å²) in [5, 5.41) is 21.0. The van der Waals surface area contributed by atoms with E-state index in [4.69, 9.17) is 15.3 Å². The van der Waals surface area contributed by atoms with E-state index in [2.05, 4.69) is 19.9 Å². The van der Waals surface area contributed by atoms with Gasteiger partial charge >= 0.3 is 0 Å². The Morgan fingerprint density at radius 2 is 1.39 bits per heavy atom. The van der Waals surface area contributed by atoms with Gasteiger partial charge in [0.25, 0.3) is 0 Å². The summed E-state index contributed by atoms with van der Waals surface area (Å²) in [5.74, 6) is 0. The van der Waals surface area contributed by atoms with Gasteiger partial charge in [0, 0.05) is 43.0 Å². The van der Waals surface area contributed by atoms with Gasteiger partial charge in [0.2, 0.25) is 0 Å². The van der Waals surface area contributed by atoms with Crippen LogP contribution in [0.2, 0.25) is 0 Å². The molecule has 0 radical (unpaired) electrons. The molecular formula is C14H27O3Ti-. The third-order valence-corrected chi connectivity index (χ3v) is 2.85. The molecule has 0 atom stereocenters. The molecule has 1 aliphatic rings. The first-order chi connectivity index (χ1) is 8.29. The van der Waals surface area contributed by atoms with Crippen LogP contribution in [0.4, 0.5) is 0 Å². The summed E-state index contributed by atoms with van der Waals surface area (Å²) in [6.45, 7) is 4.49. The number of aryl methyl sites for hydroxylation is 2. The second-order valence-corrected chi connectivity index (χ2v) is 3.67. The minimum absolute atomic E-state index is 0. The molecule has 2 rings (SSSR count). The summed E-state index contributed by atoms with van der Waals surface area (Å²) in [7, 11) is 3.00. The molecule has 0 amide bonds. The van der Waals surface area contributed by atoms with Crippen LogP contribution in [-0.2, 0) is 34.6 Å². The molecule has 0 saturated heterocycles. The molecule has 3 nitrogen and oxygen atoms in total. The molecule has 18 heavy (non-hydrogen) atoms. The SMILES string of the molecule is CO.CO.CO.Cc1c[c-](C)c2c1CCCC2.[Ti]. The van der Waals surface area contributed by atoms with Gasteiger partial charge in [-0.25, -0.2) is 0 Å². The van der Waals surface area contributed by atoms with Gasteiger partial charge in [0.15, 0.2) is 0 Å². The minimum atomic E-state index is 0. The van der Waals surface area contributed by atoms with Crippen LogP contribution in [0.1, 0.15) is 35.1 Å². The fourth-order valence-corrected chi connectivity index (χ4v) is 2.27. The quantitative estimate of drug-likeness (QED) is 0.504. The van der Waals surface area contributed by atoms with Gasteiger partial charge in [0.1, 0.15) is 0 Å². The van der Waals surface area contributed by atoms with Gasteiger partial charge in [0.05, 0.1) is 0 Å². The van der Waals surface area contributed by atoms with Gasteiger partial charge in [-0.2, -0.15) is 28.3 Å². The first kappa shape index (κ1) is 23.1. The molecule has 0 aromatic heterocycles. The Balaban J connectivity index is -0.000000285. The number of hydrogen-bond donors (Lipinski definition) is 3. The molecule has 0 spiro atoms. The topological polar surface area (TPSA) is 60.7 Å². The number of rotatable bonds is 0. The van der Waals surface area contributed by atoms with Crippen molar-refractivity contribution in [3.8, 4) is 0 Å². The molecule has 0 bridgehead atoms. The van der Waals surface area contributed by atoms with Crippen molar-refractivity contribution in [3.05, 3.63) is 28.3 Å². The van der Waals surface area contributed by atoms with Crippen LogP contribution < -0.4 is 0 Å². The molecule has 0 fully saturated rings. The van der Waals surface area contributed by atoms with Crippen molar-refractivity contribution in [1.29, 1.82) is 0 Å². The molecule has 3 N–H and O–H groups in total. The van der Waals surface area contributed by atoms with Crippen LogP contribution in [-0.4, -0.2) is 36.6 Å². The van der Waals surface area contributed by atoms with E-state index in [-0.39, 0.29) is 21.7 Å². The zero-order chi connectivity index (χ0) is 13.8. The second kappa shape index (κ2) is 15.0. The first-order valence-electron chi connectivity index (χ1n) is 5.88. The van der Waals surface area contributed by atoms with Gasteiger partial charge in [-0.1, -0.05) is 39.5 Å². The van der Waals surface area contributed by atoms with E-state index in [9.17, 15) is 0 Å². The minimum Gasteiger partial charge on any atom is -0.400 e. The fraction of sp³-hybridized carbons (Fsp3) is 0.643. The van der Waals surface area contributed by atoms with E-state index in [1.165, 1.54) is 36.8 Å². The largest absolute Gasteiger partial charge is 0.400 e. The summed E-state index contributed by atoms with van der Waals surface area (Å²) in [4.78, 5) is 0. The van der Waals surface area contributed by atoms with E-state index >= 15 is 0 Å². The van der Waals surface area contributed by atoms with Crippen LogP contribution in [0.25, 0.3) is 0 Å². The molecule has 0 aliphatic heterocycles. The molecule has 0 heterocycles. The van der Waals surface area contributed by atoms with Crippen LogP contribution in [0.5, 0.6) is 0 Å². The van der Waals surface area contributed by atoms with Crippen LogP contribution in [0.15, 0.2) is 6.07 Å². The monoisotopic (exact) mass is 291 g/mol. The normalized spacial score (nSPS) is 11.1. The molecule has 0 saturated carbocycles. The van der Waals surface area contributed by atoms with E-state index in [0.717, 1.165) is 21.3 Å². The van der Waals surface area contributed by atoms with Crippen molar-refractivity contribution in [3.63, 3.8) is 0 Å². The zero-order valence-electron chi connectivity index (χ0n) is 12.2. The molecule has 0 unspecified atom stereocenters. The molecule has 1 aromatic carbocycles. The first-order valence-corrected chi connectivity index (χ1v) is 5.88. The predicted molar refractivity (Wildman–Crippen MR) is 72.6 cm³/mol. The maximum Gasteiger partial charge on any atom is 0.0319 e. The Bertz CT molecular complexity index is 256. The smallest absolute Gasteiger partial charge is 0.0319 e. The number of fused-ring (bicyclic) bond motifs is 1. The van der Waals surface area contributed by atoms with Crippen molar-refractivity contribution >= 4 is 0 Å². The Morgan fingerprint density at radius 1 is 0.944 bits per heavy atom. The van der Waals surface area contributed by atoms with E-state index in [0.29, 0.717) is 0 Å². The third kappa shape index (κ3) is 6.76. The maximum atomic E-state index is 7.00. The van der Waals surface area contributed by atoms with E-state index in [1.54, 1.807) is 11.1 Å². The van der Waals surface area contributed by atoms with Gasteiger partial charge in [-0.3, -0.25) is 0 Å². The standard InChI is InChI=1S/C11H15.3CH4O.Ti/c1-8-7-9(2)11-6-4-3-5-10(8)11;3*1-2;/h7H,3-6H2,1-2H3;3*2H,1H3;/q-1;;;;. The van der Waals surface area contributed by atoms with Gasteiger partial charge in [-0.05, 0) is 0 Å². The second-order valence-electron chi connectivity index (χ2n) is 3.67. The molecular weight excluding hydrogens is 264 g/mol. The summed E-state index contributed by atoms with van der Waals surface area (Å²) in [6, 6.07) is 2.34. The van der Waals surface area contributed by atoms with Crippen molar-refractivity contribution in [2.45, 2.75) is 39.5 Å². The Kier molecular flexibility index (Phi) is 19.2. The van der Waals surface area contributed by atoms with Crippen molar-refractivity contribution in [2.24, 2.45) is 0 Å². The van der Waals surface area contributed by atoms with Crippen molar-refractivity contribution in [2.75, 3.05) is 21.3 Å². The van der Waals surface area contributed by atoms with E-state index in [1.807, 2.05) is 0 Å². The Morgan fingerprint density at radius 3 is 1.83 bits per heavy atom. The molecule has 1 aromatic rings. The fourth-order valence-electron chi connectivity index (χ4n) is 2.27. The molecule has 106 valence electrons. The van der Waals surface area contributed by atoms with Crippen LogP contribution in [0, 0.1) is 13.8 Å². The van der Waals surface area contributed by atoms with Crippen LogP contribution in [0.3, 0.4) is 0 Å². The van der Waals surface area contributed by atoms with Gasteiger partial charge in [-0.15, -0.1) is 0 Å². The predicted octanol–water partition coefficient (Wildman–Crippen LogP) is 1.72. The average molecular weight is 291 g/mol. The number of aliphatic hydroxyl groups is 3. The molecule has 1 aliphatic carbocycles. The number of hydrogen-bond acceptors (Lipinski definition) is 3. The zero-order valence-corrected chi connectivity index (χ0v) is 13.8. The maximum absolute atomic E-state index is 7.00. The Hall–Kier alpha value is -0.0557. The average Bonchev–Trinajstić information content (AvgIpc) is 2.73. The summed E-state index contributed by atoms with van der Waals surface area (Å²) >= 11 is 0. The summed E-state index contributed by atoms with van der Waals surface area (Å²) < 4.78 is 0.